The van der Waals surface area contributed by atoms with Gasteiger partial charge >= 0.3 is 0 Å². The summed E-state index contributed by atoms with van der Waals surface area (Å²) in [6, 6.07) is 6.32. The minimum absolute atomic E-state index is 0.0137. The Hall–Kier alpha value is -2.31. The highest BCUT2D eigenvalue weighted by atomic mass is 19.1. The number of carbonyl (C=O) groups excluding carboxylic acids is 1. The van der Waals surface area contributed by atoms with Crippen molar-refractivity contribution in [2.75, 3.05) is 6.54 Å². The highest BCUT2D eigenvalue weighted by Crippen LogP contribution is 2.20. The molecular weight excluding hydrogens is 297 g/mol. The molecule has 2 aromatic rings. The maximum atomic E-state index is 13.3. The SMILES string of the molecule is CC[C@@H]1CCCCN1C(=O)Cn1nnc(-c2cccc(F)c2)n1. The van der Waals surface area contributed by atoms with Gasteiger partial charge in [-0.15, -0.1) is 10.2 Å². The molecule has 23 heavy (non-hydrogen) atoms. The van der Waals surface area contributed by atoms with Crippen molar-refractivity contribution in [3.63, 3.8) is 0 Å². The van der Waals surface area contributed by atoms with Crippen molar-refractivity contribution in [3.8, 4) is 11.4 Å². The quantitative estimate of drug-likeness (QED) is 0.868. The third-order valence-electron chi connectivity index (χ3n) is 4.23. The van der Waals surface area contributed by atoms with Crippen LogP contribution in [0.5, 0.6) is 0 Å². The fourth-order valence-corrected chi connectivity index (χ4v) is 3.02. The second-order valence-electron chi connectivity index (χ2n) is 5.80. The number of hydrogen-bond acceptors (Lipinski definition) is 4. The van der Waals surface area contributed by atoms with E-state index in [2.05, 4.69) is 22.3 Å². The number of aromatic nitrogens is 4. The summed E-state index contributed by atoms with van der Waals surface area (Å²) in [6.07, 6.45) is 4.24. The fourth-order valence-electron chi connectivity index (χ4n) is 3.02. The van der Waals surface area contributed by atoms with Crippen molar-refractivity contribution in [1.29, 1.82) is 0 Å². The molecular formula is C16H20FN5O. The Morgan fingerprint density at radius 2 is 2.26 bits per heavy atom. The van der Waals surface area contributed by atoms with Gasteiger partial charge in [0.2, 0.25) is 11.7 Å². The lowest BCUT2D eigenvalue weighted by Crippen LogP contribution is -2.45. The van der Waals surface area contributed by atoms with E-state index >= 15 is 0 Å². The van der Waals surface area contributed by atoms with Gasteiger partial charge in [-0.25, -0.2) is 4.39 Å². The van der Waals surface area contributed by atoms with E-state index < -0.39 is 0 Å². The minimum atomic E-state index is -0.353. The molecule has 0 aliphatic carbocycles. The third kappa shape index (κ3) is 3.55. The Morgan fingerprint density at radius 1 is 1.39 bits per heavy atom. The number of amides is 1. The lowest BCUT2D eigenvalue weighted by Gasteiger charge is -2.35. The lowest BCUT2D eigenvalue weighted by molar-refractivity contribution is -0.136. The zero-order chi connectivity index (χ0) is 16.2. The number of halogens is 1. The first-order valence-electron chi connectivity index (χ1n) is 8.00. The molecule has 1 aromatic carbocycles. The van der Waals surface area contributed by atoms with Crippen LogP contribution < -0.4 is 0 Å². The van der Waals surface area contributed by atoms with E-state index in [4.69, 9.17) is 0 Å². The summed E-state index contributed by atoms with van der Waals surface area (Å²) in [5, 5.41) is 12.0. The predicted octanol–water partition coefficient (Wildman–Crippen LogP) is 2.27. The molecule has 0 bridgehead atoms. The zero-order valence-corrected chi connectivity index (χ0v) is 13.2. The van der Waals surface area contributed by atoms with E-state index in [1.54, 1.807) is 12.1 Å². The molecule has 7 heteroatoms. The highest BCUT2D eigenvalue weighted by Gasteiger charge is 2.25. The van der Waals surface area contributed by atoms with Gasteiger partial charge in [0.05, 0.1) is 0 Å². The summed E-state index contributed by atoms with van der Waals surface area (Å²) < 4.78 is 13.3. The van der Waals surface area contributed by atoms with Gasteiger partial charge in [-0.1, -0.05) is 19.1 Å². The molecule has 1 atom stereocenters. The average molecular weight is 317 g/mol. The minimum Gasteiger partial charge on any atom is -0.338 e. The van der Waals surface area contributed by atoms with Crippen LogP contribution in [0.25, 0.3) is 11.4 Å². The van der Waals surface area contributed by atoms with Crippen molar-refractivity contribution >= 4 is 5.91 Å². The van der Waals surface area contributed by atoms with Crippen LogP contribution in [0.2, 0.25) is 0 Å². The fraction of sp³-hybridized carbons (Fsp3) is 0.500. The van der Waals surface area contributed by atoms with Gasteiger partial charge < -0.3 is 4.90 Å². The van der Waals surface area contributed by atoms with Crippen molar-refractivity contribution in [2.24, 2.45) is 0 Å². The molecule has 0 radical (unpaired) electrons. The maximum absolute atomic E-state index is 13.3. The van der Waals surface area contributed by atoms with Gasteiger partial charge in [0.1, 0.15) is 12.4 Å². The van der Waals surface area contributed by atoms with Gasteiger partial charge in [-0.3, -0.25) is 4.79 Å². The van der Waals surface area contributed by atoms with Crippen LogP contribution >= 0.6 is 0 Å². The van der Waals surface area contributed by atoms with Gasteiger partial charge in [0.25, 0.3) is 0 Å². The molecule has 122 valence electrons. The number of rotatable bonds is 4. The number of piperidine rings is 1. The molecule has 2 heterocycles. The first-order chi connectivity index (χ1) is 11.2. The van der Waals surface area contributed by atoms with Crippen LogP contribution in [0.15, 0.2) is 24.3 Å². The first-order valence-corrected chi connectivity index (χ1v) is 8.00. The molecule has 1 aliphatic rings. The largest absolute Gasteiger partial charge is 0.338 e. The molecule has 1 amide bonds. The van der Waals surface area contributed by atoms with Gasteiger partial charge in [0, 0.05) is 18.2 Å². The average Bonchev–Trinajstić information content (AvgIpc) is 3.03. The van der Waals surface area contributed by atoms with Crippen molar-refractivity contribution in [1.82, 2.24) is 25.1 Å². The molecule has 1 aromatic heterocycles. The lowest BCUT2D eigenvalue weighted by atomic mass is 10.00. The topological polar surface area (TPSA) is 63.9 Å². The van der Waals surface area contributed by atoms with Crippen LogP contribution in [0.1, 0.15) is 32.6 Å². The smallest absolute Gasteiger partial charge is 0.246 e. The molecule has 1 saturated heterocycles. The van der Waals surface area contributed by atoms with Crippen molar-refractivity contribution < 1.29 is 9.18 Å². The van der Waals surface area contributed by atoms with E-state index in [9.17, 15) is 9.18 Å². The number of benzene rings is 1. The van der Waals surface area contributed by atoms with Gasteiger partial charge in [0.15, 0.2) is 0 Å². The van der Waals surface area contributed by atoms with Crippen LogP contribution in [0.4, 0.5) is 4.39 Å². The number of tetrazole rings is 1. The van der Waals surface area contributed by atoms with E-state index in [0.29, 0.717) is 17.4 Å². The summed E-state index contributed by atoms with van der Waals surface area (Å²) in [6.45, 7) is 2.97. The Bertz CT molecular complexity index is 687. The molecule has 3 rings (SSSR count). The summed E-state index contributed by atoms with van der Waals surface area (Å²) in [5.74, 6) is -0.0169. The van der Waals surface area contributed by atoms with Gasteiger partial charge in [-0.2, -0.15) is 4.80 Å². The van der Waals surface area contributed by atoms with E-state index in [0.717, 1.165) is 25.8 Å². The first kappa shape index (κ1) is 15.6. The number of carbonyl (C=O) groups is 1. The molecule has 0 spiro atoms. The summed E-state index contributed by atoms with van der Waals surface area (Å²) in [4.78, 5) is 15.7. The molecule has 0 unspecified atom stereocenters. The molecule has 1 fully saturated rings. The predicted molar refractivity (Wildman–Crippen MR) is 82.9 cm³/mol. The normalized spacial score (nSPS) is 18.2. The second-order valence-corrected chi connectivity index (χ2v) is 5.80. The van der Waals surface area contributed by atoms with Crippen molar-refractivity contribution in [2.45, 2.75) is 45.2 Å². The van der Waals surface area contributed by atoms with Crippen LogP contribution in [-0.2, 0) is 11.3 Å². The Kier molecular flexibility index (Phi) is 4.64. The van der Waals surface area contributed by atoms with Gasteiger partial charge in [-0.05, 0) is 43.0 Å². The monoisotopic (exact) mass is 317 g/mol. The maximum Gasteiger partial charge on any atom is 0.246 e. The Balaban J connectivity index is 1.70. The third-order valence-corrected chi connectivity index (χ3v) is 4.23. The summed E-state index contributed by atoms with van der Waals surface area (Å²) in [5.41, 5.74) is 0.549. The standard InChI is InChI=1S/C16H20FN5O/c1-2-14-8-3-4-9-21(14)15(23)11-22-19-16(18-20-22)12-6-5-7-13(17)10-12/h5-7,10,14H,2-4,8-9,11H2,1H3/t14-/m1/s1. The molecule has 0 N–H and O–H groups in total. The van der Waals surface area contributed by atoms with E-state index in [1.807, 2.05) is 4.90 Å². The second kappa shape index (κ2) is 6.85. The van der Waals surface area contributed by atoms with Crippen molar-refractivity contribution in [3.05, 3.63) is 30.1 Å². The van der Waals surface area contributed by atoms with Crippen LogP contribution in [0, 0.1) is 5.82 Å². The summed E-state index contributed by atoms with van der Waals surface area (Å²) in [7, 11) is 0. The highest BCUT2D eigenvalue weighted by molar-refractivity contribution is 5.76. The summed E-state index contributed by atoms with van der Waals surface area (Å²) >= 11 is 0. The van der Waals surface area contributed by atoms with Crippen LogP contribution in [0.3, 0.4) is 0 Å². The molecule has 0 saturated carbocycles. The molecule has 6 nitrogen and oxygen atoms in total. The number of likely N-dealkylation sites (tertiary alicyclic amines) is 1. The number of hydrogen-bond donors (Lipinski definition) is 0. The van der Waals surface area contributed by atoms with Crippen LogP contribution in [-0.4, -0.2) is 43.6 Å². The van der Waals surface area contributed by atoms with E-state index in [1.165, 1.54) is 23.4 Å². The molecule has 1 aliphatic heterocycles. The Labute approximate surface area is 134 Å². The Morgan fingerprint density at radius 3 is 3.04 bits per heavy atom. The number of nitrogens with zero attached hydrogens (tertiary/aromatic N) is 5. The zero-order valence-electron chi connectivity index (χ0n) is 13.2. The van der Waals surface area contributed by atoms with E-state index in [-0.39, 0.29) is 18.3 Å².